The second-order valence-corrected chi connectivity index (χ2v) is 16.6. The predicted molar refractivity (Wildman–Crippen MR) is 208 cm³/mol. The van der Waals surface area contributed by atoms with Gasteiger partial charge in [-0.15, -0.1) is 0 Å². The quantitative estimate of drug-likeness (QED) is 0.0508. The Morgan fingerprint density at radius 2 is 1.18 bits per heavy atom. The van der Waals surface area contributed by atoms with Crippen LogP contribution in [0.3, 0.4) is 0 Å². The number of ether oxygens (including phenoxy) is 8. The van der Waals surface area contributed by atoms with Crippen LogP contribution in [0.4, 0.5) is 0 Å². The molecule has 4 aliphatic rings. The zero-order valence-electron chi connectivity index (χ0n) is 36.2. The van der Waals surface area contributed by atoms with Crippen molar-refractivity contribution < 1.29 is 139 Å². The molecule has 0 spiro atoms. The van der Waals surface area contributed by atoms with Gasteiger partial charge in [0.2, 0.25) is 11.8 Å². The number of aliphatic hydroxyl groups is 16. The van der Waals surface area contributed by atoms with E-state index in [2.05, 4.69) is 10.6 Å². The van der Waals surface area contributed by atoms with E-state index in [4.69, 9.17) is 37.9 Å². The van der Waals surface area contributed by atoms with Crippen molar-refractivity contribution >= 4 is 17.8 Å². The van der Waals surface area contributed by atoms with Crippen molar-refractivity contribution in [2.45, 2.75) is 180 Å². The molecule has 4 saturated heterocycles. The van der Waals surface area contributed by atoms with E-state index in [1.807, 2.05) is 0 Å². The van der Waals surface area contributed by atoms with E-state index in [9.17, 15) is 101 Å². The maximum absolute atomic E-state index is 13.0. The van der Waals surface area contributed by atoms with Gasteiger partial charge >= 0.3 is 5.97 Å². The Labute approximate surface area is 380 Å². The number of hydrogen-bond acceptors (Lipinski definition) is 27. The number of carboxylic acid groups (broad SMARTS) is 1. The third-order valence-electron chi connectivity index (χ3n) is 11.7. The van der Waals surface area contributed by atoms with Crippen LogP contribution in [0.25, 0.3) is 0 Å². The van der Waals surface area contributed by atoms with E-state index in [1.54, 1.807) is 0 Å². The molecule has 25 atom stereocenters. The van der Waals surface area contributed by atoms with E-state index in [-0.39, 0.29) is 0 Å². The van der Waals surface area contributed by atoms with Gasteiger partial charge in [0.1, 0.15) is 110 Å². The summed E-state index contributed by atoms with van der Waals surface area (Å²) in [5.41, 5.74) is 0. The number of amides is 2. The molecule has 390 valence electrons. The molecule has 30 nitrogen and oxygen atoms in total. The first-order valence-corrected chi connectivity index (χ1v) is 21.0. The van der Waals surface area contributed by atoms with Crippen LogP contribution in [-0.4, -0.2) is 290 Å². The van der Waals surface area contributed by atoms with Gasteiger partial charge in [0.25, 0.3) is 5.79 Å². The molecule has 0 radical (unpaired) electrons. The summed E-state index contributed by atoms with van der Waals surface area (Å²) >= 11 is 0. The average molecular weight is 985 g/mol. The van der Waals surface area contributed by atoms with Crippen LogP contribution in [0.1, 0.15) is 27.2 Å². The number of rotatable bonds is 21. The lowest BCUT2D eigenvalue weighted by Crippen LogP contribution is -2.72. The zero-order chi connectivity index (χ0) is 50.4. The number of carboxylic acids is 1. The lowest BCUT2D eigenvalue weighted by molar-refractivity contribution is -0.393. The zero-order valence-corrected chi connectivity index (χ0v) is 36.2. The molecule has 0 aromatic carbocycles. The fourth-order valence-corrected chi connectivity index (χ4v) is 8.07. The summed E-state index contributed by atoms with van der Waals surface area (Å²) in [6.45, 7) is -2.46. The first kappa shape index (κ1) is 57.0. The number of carbonyl (C=O) groups is 3. The van der Waals surface area contributed by atoms with Gasteiger partial charge < -0.3 is 135 Å². The molecule has 30 heteroatoms. The Bertz CT molecular complexity index is 1590. The molecule has 4 aliphatic heterocycles. The van der Waals surface area contributed by atoms with Crippen LogP contribution < -0.4 is 10.6 Å². The van der Waals surface area contributed by atoms with Crippen molar-refractivity contribution in [3.63, 3.8) is 0 Å². The molecule has 4 heterocycles. The third kappa shape index (κ3) is 12.9. The van der Waals surface area contributed by atoms with E-state index in [0.29, 0.717) is 0 Å². The molecule has 0 bridgehead atoms. The fraction of sp³-hybridized carbons (Fsp3) is 0.919. The normalized spacial score (nSPS) is 42.1. The van der Waals surface area contributed by atoms with Gasteiger partial charge in [0.05, 0.1) is 51.3 Å². The first-order chi connectivity index (χ1) is 31.4. The Morgan fingerprint density at radius 1 is 0.642 bits per heavy atom. The number of hydrogen-bond donors (Lipinski definition) is 19. The Kier molecular flexibility index (Phi) is 20.9. The van der Waals surface area contributed by atoms with Crippen LogP contribution in [0.5, 0.6) is 0 Å². The van der Waals surface area contributed by atoms with Crippen LogP contribution in [0.15, 0.2) is 0 Å². The molecule has 0 aromatic heterocycles. The highest BCUT2D eigenvalue weighted by atomic mass is 16.8. The summed E-state index contributed by atoms with van der Waals surface area (Å²) in [6.07, 6.45) is -46.0. The molecule has 0 saturated carbocycles. The van der Waals surface area contributed by atoms with Crippen molar-refractivity contribution in [2.24, 2.45) is 0 Å². The maximum Gasteiger partial charge on any atom is 0.364 e. The Morgan fingerprint density at radius 3 is 1.72 bits per heavy atom. The molecule has 4 fully saturated rings. The van der Waals surface area contributed by atoms with Crippen molar-refractivity contribution in [3.05, 3.63) is 0 Å². The highest BCUT2D eigenvalue weighted by Crippen LogP contribution is 2.39. The third-order valence-corrected chi connectivity index (χ3v) is 11.7. The highest BCUT2D eigenvalue weighted by molar-refractivity contribution is 5.76. The van der Waals surface area contributed by atoms with Gasteiger partial charge in [0, 0.05) is 20.3 Å². The number of aliphatic hydroxyl groups excluding tert-OH is 16. The molecule has 19 N–H and O–H groups in total. The molecule has 2 amide bonds. The number of carbonyl (C=O) groups excluding carboxylic acids is 2. The lowest BCUT2D eigenvalue weighted by atomic mass is 9.88. The summed E-state index contributed by atoms with van der Waals surface area (Å²) in [6, 6.07) is -3.54. The van der Waals surface area contributed by atoms with Gasteiger partial charge in [-0.2, -0.15) is 0 Å². The molecule has 0 aromatic rings. The van der Waals surface area contributed by atoms with Crippen molar-refractivity contribution in [1.29, 1.82) is 0 Å². The Hall–Kier alpha value is -2.55. The van der Waals surface area contributed by atoms with Crippen molar-refractivity contribution in [2.75, 3.05) is 33.0 Å². The largest absolute Gasteiger partial charge is 0.477 e. The minimum atomic E-state index is -3.21. The SMILES string of the molecule is CC(=O)N[C@H]1[C@H](O[C@@H]([C@@H](O)[C@H](O)CO)[C@@H](O)CO)O[C@H](CO)[C@@H](O[C@@H]2O[C@H](CO)[C@H](O)[C@H](O[C@]3(C(=O)O)C[C@H](O)[C@@H](NC(C)=O)[C@H]([C@H](O)[C@H](O)CO)O3)[C@H]2O)[C@@H]1O[C@@H]1O[C@@H](C)[C@@H](O)[C@@H](O)[C@@H]1O. The molecule has 67 heavy (non-hydrogen) atoms. The smallest absolute Gasteiger partial charge is 0.364 e. The number of nitrogens with one attached hydrogen (secondary N) is 2. The monoisotopic (exact) mass is 984 g/mol. The van der Waals surface area contributed by atoms with Crippen LogP contribution >= 0.6 is 0 Å². The summed E-state index contributed by atoms with van der Waals surface area (Å²) < 4.78 is 46.4. The van der Waals surface area contributed by atoms with Gasteiger partial charge in [-0.3, -0.25) is 9.59 Å². The van der Waals surface area contributed by atoms with Gasteiger partial charge in [-0.05, 0) is 6.92 Å². The van der Waals surface area contributed by atoms with Gasteiger partial charge in [-0.25, -0.2) is 4.79 Å². The van der Waals surface area contributed by atoms with E-state index in [1.165, 1.54) is 6.92 Å². The minimum absolute atomic E-state index is 0.824. The predicted octanol–water partition coefficient (Wildman–Crippen LogP) is -11.8. The maximum atomic E-state index is 13.0. The van der Waals surface area contributed by atoms with Crippen molar-refractivity contribution in [3.8, 4) is 0 Å². The van der Waals surface area contributed by atoms with Crippen molar-refractivity contribution in [1.82, 2.24) is 10.6 Å². The summed E-state index contributed by atoms with van der Waals surface area (Å²) in [5.74, 6) is -7.04. The van der Waals surface area contributed by atoms with Gasteiger partial charge in [0.15, 0.2) is 18.9 Å². The standard InChI is InChI=1S/C37H64N2O28/c1-10-21(51)25(55)26(56)34(60-10)65-31-20(39-12(3)46)33(63-28(16(50)7-42)22(52)14(48)5-40)62-18(9-44)29(31)64-35-27(57)32(24(54)17(8-43)61-35)67-37(36(58)59)4-13(47)19(38-11(2)45)30(66-37)23(53)15(49)6-41/h10,13-35,40-44,47-57H,4-9H2,1-3H3,(H,38,45)(H,39,46)(H,58,59)/t10-,13-,14+,15+,16-,17+,18+,19+,20+,21+,22-,23+,24-,25+,26-,27+,28+,29+,30+,31+,32-,33-,34-,35-,37-/m0/s1. The summed E-state index contributed by atoms with van der Waals surface area (Å²) in [4.78, 5) is 37.9. The van der Waals surface area contributed by atoms with Crippen LogP contribution in [0.2, 0.25) is 0 Å². The topological polar surface area (TPSA) is 493 Å². The summed E-state index contributed by atoms with van der Waals surface area (Å²) in [5, 5.41) is 184. The summed E-state index contributed by atoms with van der Waals surface area (Å²) in [7, 11) is 0. The highest BCUT2D eigenvalue weighted by Gasteiger charge is 2.61. The Balaban J connectivity index is 1.81. The first-order valence-electron chi connectivity index (χ1n) is 21.0. The average Bonchev–Trinajstić information content (AvgIpc) is 3.29. The van der Waals surface area contributed by atoms with E-state index >= 15 is 0 Å². The minimum Gasteiger partial charge on any atom is -0.477 e. The second-order valence-electron chi connectivity index (χ2n) is 16.6. The van der Waals surface area contributed by atoms with Crippen LogP contribution in [-0.2, 0) is 52.3 Å². The molecular formula is C37H64N2O28. The van der Waals surface area contributed by atoms with E-state index < -0.39 is 210 Å². The molecular weight excluding hydrogens is 920 g/mol. The van der Waals surface area contributed by atoms with Crippen LogP contribution in [0, 0.1) is 0 Å². The second kappa shape index (κ2) is 24.5. The molecule has 0 aliphatic carbocycles. The van der Waals surface area contributed by atoms with E-state index in [0.717, 1.165) is 13.8 Å². The van der Waals surface area contributed by atoms with Gasteiger partial charge in [-0.1, -0.05) is 0 Å². The molecule has 4 rings (SSSR count). The lowest BCUT2D eigenvalue weighted by Gasteiger charge is -2.52. The number of aliphatic carboxylic acids is 1. The fourth-order valence-electron chi connectivity index (χ4n) is 8.07. The molecule has 0 unspecified atom stereocenters.